The maximum atomic E-state index is 5.65. The fourth-order valence-corrected chi connectivity index (χ4v) is 3.96. The van der Waals surface area contributed by atoms with E-state index in [0.717, 1.165) is 13.0 Å². The van der Waals surface area contributed by atoms with Gasteiger partial charge in [-0.2, -0.15) is 0 Å². The summed E-state index contributed by atoms with van der Waals surface area (Å²) >= 11 is 5.34. The highest BCUT2D eigenvalue weighted by Crippen LogP contribution is 2.29. The number of ether oxygens (including phenoxy) is 1. The number of likely N-dealkylation sites (N-methyl/N-ethyl adjacent to an activating group) is 1. The van der Waals surface area contributed by atoms with Gasteiger partial charge < -0.3 is 10.1 Å². The van der Waals surface area contributed by atoms with Crippen molar-refractivity contribution in [1.29, 1.82) is 0 Å². The topological polar surface area (TPSA) is 21.3 Å². The summed E-state index contributed by atoms with van der Waals surface area (Å²) in [5.41, 5.74) is 0. The van der Waals surface area contributed by atoms with Crippen molar-refractivity contribution in [2.45, 2.75) is 31.9 Å². The molecule has 2 rings (SSSR count). The van der Waals surface area contributed by atoms with Crippen LogP contribution in [0.5, 0.6) is 0 Å². The first-order chi connectivity index (χ1) is 7.70. The largest absolute Gasteiger partial charge is 0.378 e. The average Bonchev–Trinajstić information content (AvgIpc) is 2.84. The first-order valence-electron chi connectivity index (χ1n) is 5.74. The van der Waals surface area contributed by atoms with Crippen LogP contribution in [0.1, 0.15) is 18.2 Å². The minimum Gasteiger partial charge on any atom is -0.378 e. The van der Waals surface area contributed by atoms with E-state index < -0.39 is 0 Å². The van der Waals surface area contributed by atoms with Crippen molar-refractivity contribution in [3.63, 3.8) is 0 Å². The molecule has 0 aliphatic carbocycles. The standard InChI is InChI=1S/C12H18BrNOS/c1-8-10(5-6-15-8)11(14-2)7-9-3-4-12(13)16-9/h3-4,8,10-11,14H,5-7H2,1-2H3. The number of rotatable bonds is 4. The van der Waals surface area contributed by atoms with Crippen LogP contribution in [0, 0.1) is 5.92 Å². The summed E-state index contributed by atoms with van der Waals surface area (Å²) < 4.78 is 6.86. The lowest BCUT2D eigenvalue weighted by Crippen LogP contribution is -2.38. The molecule has 0 bridgehead atoms. The van der Waals surface area contributed by atoms with E-state index in [-0.39, 0.29) is 0 Å². The van der Waals surface area contributed by atoms with E-state index in [4.69, 9.17) is 4.74 Å². The minimum atomic E-state index is 0.390. The molecule has 0 spiro atoms. The summed E-state index contributed by atoms with van der Waals surface area (Å²) in [5.74, 6) is 0.644. The molecule has 3 unspecified atom stereocenters. The maximum Gasteiger partial charge on any atom is 0.0701 e. The smallest absolute Gasteiger partial charge is 0.0701 e. The van der Waals surface area contributed by atoms with Gasteiger partial charge in [-0.25, -0.2) is 0 Å². The van der Waals surface area contributed by atoms with Gasteiger partial charge in [-0.15, -0.1) is 11.3 Å². The summed E-state index contributed by atoms with van der Waals surface area (Å²) in [6, 6.07) is 4.86. The first kappa shape index (κ1) is 12.6. The zero-order chi connectivity index (χ0) is 11.5. The Hall–Kier alpha value is 0.1000. The van der Waals surface area contributed by atoms with Crippen LogP contribution in [0.4, 0.5) is 0 Å². The van der Waals surface area contributed by atoms with E-state index in [2.05, 4.69) is 47.4 Å². The quantitative estimate of drug-likeness (QED) is 0.923. The molecule has 0 saturated carbocycles. The van der Waals surface area contributed by atoms with Gasteiger partial charge in [-0.3, -0.25) is 0 Å². The van der Waals surface area contributed by atoms with E-state index >= 15 is 0 Å². The highest BCUT2D eigenvalue weighted by Gasteiger charge is 2.31. The van der Waals surface area contributed by atoms with Gasteiger partial charge in [0.05, 0.1) is 9.89 Å². The Labute approximate surface area is 110 Å². The number of halogens is 1. The fraction of sp³-hybridized carbons (Fsp3) is 0.667. The van der Waals surface area contributed by atoms with Crippen LogP contribution in [0.2, 0.25) is 0 Å². The Morgan fingerprint density at radius 3 is 2.94 bits per heavy atom. The number of thiophene rings is 1. The second-order valence-corrected chi connectivity index (χ2v) is 6.88. The summed E-state index contributed by atoms with van der Waals surface area (Å²) in [6.07, 6.45) is 2.67. The third-order valence-electron chi connectivity index (χ3n) is 3.37. The van der Waals surface area contributed by atoms with E-state index in [1.165, 1.54) is 15.1 Å². The average molecular weight is 304 g/mol. The van der Waals surface area contributed by atoms with Gasteiger partial charge in [0.1, 0.15) is 0 Å². The fourth-order valence-electron chi connectivity index (χ4n) is 2.42. The summed E-state index contributed by atoms with van der Waals surface area (Å²) in [5, 5.41) is 3.44. The van der Waals surface area contributed by atoms with Crippen LogP contribution >= 0.6 is 27.3 Å². The molecule has 0 aromatic carbocycles. The Morgan fingerprint density at radius 2 is 2.44 bits per heavy atom. The molecule has 16 heavy (non-hydrogen) atoms. The van der Waals surface area contributed by atoms with Crippen molar-refractivity contribution >= 4 is 27.3 Å². The normalized spacial score (nSPS) is 27.2. The molecule has 0 amide bonds. The van der Waals surface area contributed by atoms with Crippen LogP contribution in [-0.4, -0.2) is 25.8 Å². The van der Waals surface area contributed by atoms with Crippen LogP contribution in [-0.2, 0) is 11.2 Å². The van der Waals surface area contributed by atoms with E-state index in [0.29, 0.717) is 18.1 Å². The van der Waals surface area contributed by atoms with Gasteiger partial charge in [0, 0.05) is 23.4 Å². The molecule has 1 saturated heterocycles. The molecule has 1 aromatic heterocycles. The van der Waals surface area contributed by atoms with Gasteiger partial charge in [-0.05, 0) is 54.9 Å². The predicted molar refractivity (Wildman–Crippen MR) is 72.1 cm³/mol. The molecule has 90 valence electrons. The van der Waals surface area contributed by atoms with Crippen molar-refractivity contribution < 1.29 is 4.74 Å². The monoisotopic (exact) mass is 303 g/mol. The van der Waals surface area contributed by atoms with Crippen LogP contribution in [0.15, 0.2) is 15.9 Å². The predicted octanol–water partition coefficient (Wildman–Crippen LogP) is 3.07. The van der Waals surface area contributed by atoms with E-state index in [9.17, 15) is 0 Å². The van der Waals surface area contributed by atoms with Crippen molar-refractivity contribution in [2.24, 2.45) is 5.92 Å². The van der Waals surface area contributed by atoms with Gasteiger partial charge in [0.15, 0.2) is 0 Å². The van der Waals surface area contributed by atoms with Crippen molar-refractivity contribution in [1.82, 2.24) is 5.32 Å². The third-order valence-corrected chi connectivity index (χ3v) is 5.02. The maximum absolute atomic E-state index is 5.65. The Balaban J connectivity index is 2.00. The first-order valence-corrected chi connectivity index (χ1v) is 7.34. The van der Waals surface area contributed by atoms with Gasteiger partial charge in [0.2, 0.25) is 0 Å². The molecular formula is C12H18BrNOS. The summed E-state index contributed by atoms with van der Waals surface area (Å²) in [4.78, 5) is 1.44. The second kappa shape index (κ2) is 5.63. The van der Waals surface area contributed by atoms with Crippen LogP contribution < -0.4 is 5.32 Å². The van der Waals surface area contributed by atoms with Gasteiger partial charge >= 0.3 is 0 Å². The zero-order valence-corrected chi connectivity index (χ0v) is 12.1. The third kappa shape index (κ3) is 2.86. The molecule has 2 nitrogen and oxygen atoms in total. The molecule has 0 radical (unpaired) electrons. The highest BCUT2D eigenvalue weighted by molar-refractivity contribution is 9.11. The number of hydrogen-bond donors (Lipinski definition) is 1. The Bertz CT molecular complexity index is 342. The lowest BCUT2D eigenvalue weighted by molar-refractivity contribution is 0.0964. The Kier molecular flexibility index (Phi) is 4.41. The van der Waals surface area contributed by atoms with E-state index in [1.54, 1.807) is 0 Å². The molecule has 1 fully saturated rings. The molecule has 1 aliphatic heterocycles. The summed E-state index contributed by atoms with van der Waals surface area (Å²) in [6.45, 7) is 3.10. The van der Waals surface area contributed by atoms with E-state index in [1.807, 2.05) is 11.3 Å². The van der Waals surface area contributed by atoms with Crippen molar-refractivity contribution in [3.8, 4) is 0 Å². The van der Waals surface area contributed by atoms with Gasteiger partial charge in [-0.1, -0.05) is 0 Å². The molecular weight excluding hydrogens is 286 g/mol. The molecule has 3 atom stereocenters. The minimum absolute atomic E-state index is 0.390. The lowest BCUT2D eigenvalue weighted by atomic mass is 9.91. The molecule has 1 aromatic rings. The second-order valence-electron chi connectivity index (χ2n) is 4.33. The highest BCUT2D eigenvalue weighted by atomic mass is 79.9. The number of nitrogens with one attached hydrogen (secondary N) is 1. The Morgan fingerprint density at radius 1 is 1.62 bits per heavy atom. The SMILES string of the molecule is CNC(Cc1ccc(Br)s1)C1CCOC1C. The molecule has 1 aliphatic rings. The van der Waals surface area contributed by atoms with Crippen molar-refractivity contribution in [3.05, 3.63) is 20.8 Å². The van der Waals surface area contributed by atoms with Gasteiger partial charge in [0.25, 0.3) is 0 Å². The number of hydrogen-bond acceptors (Lipinski definition) is 3. The van der Waals surface area contributed by atoms with Crippen LogP contribution in [0.25, 0.3) is 0 Å². The van der Waals surface area contributed by atoms with Crippen molar-refractivity contribution in [2.75, 3.05) is 13.7 Å². The molecule has 1 N–H and O–H groups in total. The molecule has 4 heteroatoms. The summed E-state index contributed by atoms with van der Waals surface area (Å²) in [7, 11) is 2.05. The lowest BCUT2D eigenvalue weighted by Gasteiger charge is -2.24. The van der Waals surface area contributed by atoms with Crippen LogP contribution in [0.3, 0.4) is 0 Å². The molecule has 2 heterocycles. The zero-order valence-electron chi connectivity index (χ0n) is 9.70.